The maximum atomic E-state index is 12.8. The predicted molar refractivity (Wildman–Crippen MR) is 104 cm³/mol. The van der Waals surface area contributed by atoms with Gasteiger partial charge in [0.25, 0.3) is 5.91 Å². The number of benzene rings is 3. The van der Waals surface area contributed by atoms with Crippen molar-refractivity contribution in [2.75, 3.05) is 13.7 Å². The van der Waals surface area contributed by atoms with Crippen LogP contribution in [0, 0.1) is 0 Å². The molecule has 1 amide bonds. The van der Waals surface area contributed by atoms with Gasteiger partial charge in [-0.2, -0.15) is 0 Å². The topological polar surface area (TPSA) is 47.6 Å². The molecule has 0 bridgehead atoms. The first-order valence-electron chi connectivity index (χ1n) is 8.72. The average Bonchev–Trinajstić information content (AvgIpc) is 2.67. The number of amides is 1. The summed E-state index contributed by atoms with van der Waals surface area (Å²) in [5.41, 5.74) is 1.55. The summed E-state index contributed by atoms with van der Waals surface area (Å²) in [6, 6.07) is 19.3. The highest BCUT2D eigenvalue weighted by atomic mass is 16.5. The number of carbonyl (C=O) groups excluding carboxylic acids is 1. The van der Waals surface area contributed by atoms with Crippen LogP contribution in [0.2, 0.25) is 0 Å². The lowest BCUT2D eigenvalue weighted by Crippen LogP contribution is -2.27. The Bertz CT molecular complexity index is 903. The zero-order valence-corrected chi connectivity index (χ0v) is 15.3. The van der Waals surface area contributed by atoms with Crippen LogP contribution in [0.25, 0.3) is 10.8 Å². The van der Waals surface area contributed by atoms with Crippen molar-refractivity contribution in [2.45, 2.75) is 19.9 Å². The molecule has 3 aromatic carbocycles. The Balaban J connectivity index is 1.81. The molecule has 3 rings (SSSR count). The van der Waals surface area contributed by atoms with Crippen molar-refractivity contribution in [2.24, 2.45) is 0 Å². The van der Waals surface area contributed by atoms with Crippen molar-refractivity contribution < 1.29 is 14.3 Å². The van der Waals surface area contributed by atoms with E-state index in [0.29, 0.717) is 17.9 Å². The van der Waals surface area contributed by atoms with E-state index in [1.807, 2.05) is 74.5 Å². The molecule has 1 N–H and O–H groups in total. The number of carbonyl (C=O) groups is 1. The SMILES string of the molecule is CCOc1ccc([C@@H](C)NC(=O)c2cc3ccccc3cc2OC)cc1. The first kappa shape index (κ1) is 17.8. The molecule has 4 heteroatoms. The average molecular weight is 349 g/mol. The molecule has 1 atom stereocenters. The molecule has 0 unspecified atom stereocenters. The zero-order valence-electron chi connectivity index (χ0n) is 15.3. The molecule has 0 spiro atoms. The second-order valence-corrected chi connectivity index (χ2v) is 6.10. The number of fused-ring (bicyclic) bond motifs is 1. The van der Waals surface area contributed by atoms with Gasteiger partial charge in [-0.15, -0.1) is 0 Å². The lowest BCUT2D eigenvalue weighted by atomic mass is 10.0. The van der Waals surface area contributed by atoms with E-state index >= 15 is 0 Å². The summed E-state index contributed by atoms with van der Waals surface area (Å²) in [7, 11) is 1.58. The van der Waals surface area contributed by atoms with Gasteiger partial charge in [-0.3, -0.25) is 4.79 Å². The van der Waals surface area contributed by atoms with Gasteiger partial charge in [0.1, 0.15) is 11.5 Å². The Morgan fingerprint density at radius 1 is 1.04 bits per heavy atom. The molecule has 0 fully saturated rings. The molecule has 134 valence electrons. The summed E-state index contributed by atoms with van der Waals surface area (Å²) >= 11 is 0. The van der Waals surface area contributed by atoms with Gasteiger partial charge >= 0.3 is 0 Å². The normalized spacial score (nSPS) is 11.8. The van der Waals surface area contributed by atoms with Gasteiger partial charge < -0.3 is 14.8 Å². The number of methoxy groups -OCH3 is 1. The summed E-state index contributed by atoms with van der Waals surface area (Å²) < 4.78 is 10.9. The van der Waals surface area contributed by atoms with Gasteiger partial charge in [-0.05, 0) is 54.4 Å². The monoisotopic (exact) mass is 349 g/mol. The molecule has 0 aliphatic rings. The van der Waals surface area contributed by atoms with E-state index in [1.165, 1.54) is 0 Å². The van der Waals surface area contributed by atoms with Crippen molar-refractivity contribution in [3.63, 3.8) is 0 Å². The third kappa shape index (κ3) is 3.80. The number of hydrogen-bond donors (Lipinski definition) is 1. The third-order valence-corrected chi connectivity index (χ3v) is 4.35. The van der Waals surface area contributed by atoms with Crippen LogP contribution >= 0.6 is 0 Å². The fourth-order valence-corrected chi connectivity index (χ4v) is 2.94. The largest absolute Gasteiger partial charge is 0.496 e. The van der Waals surface area contributed by atoms with Crippen molar-refractivity contribution >= 4 is 16.7 Å². The van der Waals surface area contributed by atoms with Crippen LogP contribution < -0.4 is 14.8 Å². The molecule has 0 saturated carbocycles. The summed E-state index contributed by atoms with van der Waals surface area (Å²) in [4.78, 5) is 12.8. The summed E-state index contributed by atoms with van der Waals surface area (Å²) in [5, 5.41) is 5.09. The Hall–Kier alpha value is -3.01. The molecular weight excluding hydrogens is 326 g/mol. The minimum Gasteiger partial charge on any atom is -0.496 e. The summed E-state index contributed by atoms with van der Waals surface area (Å²) in [6.07, 6.45) is 0. The van der Waals surface area contributed by atoms with Crippen LogP contribution in [-0.2, 0) is 0 Å². The Labute approximate surface area is 153 Å². The minimum absolute atomic E-state index is 0.130. The van der Waals surface area contributed by atoms with Gasteiger partial charge in [-0.25, -0.2) is 0 Å². The Morgan fingerprint density at radius 3 is 2.31 bits per heavy atom. The first-order valence-corrected chi connectivity index (χ1v) is 8.72. The summed E-state index contributed by atoms with van der Waals surface area (Å²) in [5.74, 6) is 1.24. The second kappa shape index (κ2) is 7.91. The van der Waals surface area contributed by atoms with Crippen molar-refractivity contribution in [3.8, 4) is 11.5 Å². The van der Waals surface area contributed by atoms with Gasteiger partial charge in [0.05, 0.1) is 25.3 Å². The van der Waals surface area contributed by atoms with Crippen LogP contribution in [0.15, 0.2) is 60.7 Å². The Kier molecular flexibility index (Phi) is 5.42. The lowest BCUT2D eigenvalue weighted by Gasteiger charge is -2.17. The lowest BCUT2D eigenvalue weighted by molar-refractivity contribution is 0.0937. The van der Waals surface area contributed by atoms with Crippen LogP contribution in [0.3, 0.4) is 0 Å². The molecule has 26 heavy (non-hydrogen) atoms. The second-order valence-electron chi connectivity index (χ2n) is 6.10. The highest BCUT2D eigenvalue weighted by molar-refractivity contribution is 6.01. The van der Waals surface area contributed by atoms with Gasteiger partial charge in [0.15, 0.2) is 0 Å². The van der Waals surface area contributed by atoms with E-state index in [2.05, 4.69) is 5.32 Å². The molecule has 3 aromatic rings. The Morgan fingerprint density at radius 2 is 1.69 bits per heavy atom. The van der Waals surface area contributed by atoms with E-state index in [0.717, 1.165) is 22.1 Å². The molecule has 0 aromatic heterocycles. The smallest absolute Gasteiger partial charge is 0.255 e. The maximum absolute atomic E-state index is 12.8. The van der Waals surface area contributed by atoms with E-state index in [4.69, 9.17) is 9.47 Å². The fraction of sp³-hybridized carbons (Fsp3) is 0.227. The highest BCUT2D eigenvalue weighted by Crippen LogP contribution is 2.27. The highest BCUT2D eigenvalue weighted by Gasteiger charge is 2.16. The number of rotatable bonds is 6. The zero-order chi connectivity index (χ0) is 18.5. The first-order chi connectivity index (χ1) is 12.6. The molecule has 0 radical (unpaired) electrons. The van der Waals surface area contributed by atoms with E-state index in [-0.39, 0.29) is 11.9 Å². The molecule has 0 aliphatic heterocycles. The van der Waals surface area contributed by atoms with Crippen LogP contribution in [0.1, 0.15) is 35.8 Å². The van der Waals surface area contributed by atoms with Crippen LogP contribution in [-0.4, -0.2) is 19.6 Å². The summed E-state index contributed by atoms with van der Waals surface area (Å²) in [6.45, 7) is 4.54. The maximum Gasteiger partial charge on any atom is 0.255 e. The van der Waals surface area contributed by atoms with Gasteiger partial charge in [0, 0.05) is 0 Å². The fourth-order valence-electron chi connectivity index (χ4n) is 2.94. The third-order valence-electron chi connectivity index (χ3n) is 4.35. The van der Waals surface area contributed by atoms with Crippen molar-refractivity contribution in [1.82, 2.24) is 5.32 Å². The number of ether oxygens (including phenoxy) is 2. The molecule has 4 nitrogen and oxygen atoms in total. The van der Waals surface area contributed by atoms with Crippen molar-refractivity contribution in [3.05, 3.63) is 71.8 Å². The molecule has 0 aliphatic carbocycles. The van der Waals surface area contributed by atoms with Crippen LogP contribution in [0.4, 0.5) is 0 Å². The van der Waals surface area contributed by atoms with Crippen molar-refractivity contribution in [1.29, 1.82) is 0 Å². The van der Waals surface area contributed by atoms with Gasteiger partial charge in [0.2, 0.25) is 0 Å². The number of nitrogens with one attached hydrogen (secondary N) is 1. The van der Waals surface area contributed by atoms with E-state index in [1.54, 1.807) is 7.11 Å². The van der Waals surface area contributed by atoms with E-state index < -0.39 is 0 Å². The quantitative estimate of drug-likeness (QED) is 0.699. The minimum atomic E-state index is -0.158. The van der Waals surface area contributed by atoms with Crippen LogP contribution in [0.5, 0.6) is 11.5 Å². The number of hydrogen-bond acceptors (Lipinski definition) is 3. The molecular formula is C22H23NO3. The van der Waals surface area contributed by atoms with E-state index in [9.17, 15) is 4.79 Å². The molecule has 0 saturated heterocycles. The predicted octanol–water partition coefficient (Wildman–Crippen LogP) is 4.74. The molecule has 0 heterocycles. The standard InChI is InChI=1S/C22H23NO3/c1-4-26-19-11-9-16(10-12-19)15(2)23-22(24)20-13-17-7-5-6-8-18(17)14-21(20)25-3/h5-15H,4H2,1-3H3,(H,23,24)/t15-/m1/s1. The van der Waals surface area contributed by atoms with Gasteiger partial charge in [-0.1, -0.05) is 36.4 Å².